The number of ether oxygens (including phenoxy) is 1. The van der Waals surface area contributed by atoms with Crippen LogP contribution >= 0.6 is 23.1 Å². The summed E-state index contributed by atoms with van der Waals surface area (Å²) in [5, 5.41) is 0.624. The van der Waals surface area contributed by atoms with E-state index >= 15 is 0 Å². The fraction of sp³-hybridized carbons (Fsp3) is 0.250. The quantitative estimate of drug-likeness (QED) is 0.842. The normalized spacial score (nSPS) is 10.4. The minimum absolute atomic E-state index is 0.624. The number of nitrogen functional groups attached to an aromatic ring is 1. The minimum Gasteiger partial charge on any atom is -0.494 e. The average molecular weight is 266 g/mol. The van der Waals surface area contributed by atoms with Crippen molar-refractivity contribution in [3.8, 4) is 5.75 Å². The number of benzene rings is 1. The maximum Gasteiger partial charge on any atom is 0.181 e. The van der Waals surface area contributed by atoms with Crippen LogP contribution in [0.25, 0.3) is 0 Å². The number of anilines is 1. The molecule has 0 amide bonds. The zero-order valence-electron chi connectivity index (χ0n) is 9.55. The predicted molar refractivity (Wildman–Crippen MR) is 73.7 cm³/mol. The second-order valence-corrected chi connectivity index (χ2v) is 5.72. The molecule has 0 unspecified atom stereocenters. The fourth-order valence-corrected chi connectivity index (χ4v) is 3.06. The van der Waals surface area contributed by atoms with E-state index in [2.05, 4.69) is 17.1 Å². The van der Waals surface area contributed by atoms with Crippen LogP contribution in [0.15, 0.2) is 34.7 Å². The Kier molecular flexibility index (Phi) is 4.28. The molecule has 17 heavy (non-hydrogen) atoms. The van der Waals surface area contributed by atoms with Crippen molar-refractivity contribution in [3.63, 3.8) is 0 Å². The van der Waals surface area contributed by atoms with Gasteiger partial charge in [-0.15, -0.1) is 11.8 Å². The Labute approximate surface area is 109 Å². The molecule has 1 aromatic heterocycles. The molecule has 0 bridgehead atoms. The highest BCUT2D eigenvalue weighted by atomic mass is 32.2. The predicted octanol–water partition coefficient (Wildman–Crippen LogP) is 3.42. The Bertz CT molecular complexity index is 468. The first-order valence-corrected chi connectivity index (χ1v) is 7.14. The molecule has 0 aliphatic rings. The summed E-state index contributed by atoms with van der Waals surface area (Å²) in [6.07, 6.45) is 1.82. The molecule has 0 saturated heterocycles. The maximum atomic E-state index is 5.58. The van der Waals surface area contributed by atoms with Crippen molar-refractivity contribution in [3.05, 3.63) is 36.0 Å². The zero-order chi connectivity index (χ0) is 12.1. The molecule has 1 heterocycles. The Morgan fingerprint density at radius 1 is 1.35 bits per heavy atom. The van der Waals surface area contributed by atoms with Crippen LogP contribution in [0.2, 0.25) is 0 Å². The van der Waals surface area contributed by atoms with Gasteiger partial charge in [0.2, 0.25) is 0 Å². The highest BCUT2D eigenvalue weighted by molar-refractivity contribution is 8.00. The summed E-state index contributed by atoms with van der Waals surface area (Å²) in [5.41, 5.74) is 6.85. The Hall–Kier alpha value is -1.20. The van der Waals surface area contributed by atoms with Crippen LogP contribution in [0.5, 0.6) is 5.75 Å². The Balaban J connectivity index is 1.90. The number of aromatic nitrogens is 1. The van der Waals surface area contributed by atoms with Crippen LogP contribution in [0, 0.1) is 0 Å². The van der Waals surface area contributed by atoms with Crippen LogP contribution in [-0.4, -0.2) is 11.6 Å². The summed E-state index contributed by atoms with van der Waals surface area (Å²) in [6.45, 7) is 2.69. The largest absolute Gasteiger partial charge is 0.494 e. The molecule has 0 radical (unpaired) electrons. The van der Waals surface area contributed by atoms with Crippen molar-refractivity contribution in [2.75, 3.05) is 12.3 Å². The van der Waals surface area contributed by atoms with Gasteiger partial charge in [0.1, 0.15) is 5.75 Å². The van der Waals surface area contributed by atoms with Crippen LogP contribution in [0.3, 0.4) is 0 Å². The van der Waals surface area contributed by atoms with Crippen molar-refractivity contribution in [1.82, 2.24) is 4.98 Å². The van der Waals surface area contributed by atoms with E-state index in [1.54, 1.807) is 11.8 Å². The molecule has 0 atom stereocenters. The van der Waals surface area contributed by atoms with Crippen molar-refractivity contribution < 1.29 is 4.74 Å². The van der Waals surface area contributed by atoms with E-state index in [-0.39, 0.29) is 0 Å². The van der Waals surface area contributed by atoms with Gasteiger partial charge in [-0.25, -0.2) is 4.98 Å². The standard InChI is InChI=1S/C12H14N2OS2/c1-2-15-10-5-3-9(4-6-10)8-16-11-7-14-12(13)17-11/h3-7H,2,8H2,1H3,(H2,13,14). The second-order valence-electron chi connectivity index (χ2n) is 3.38. The summed E-state index contributed by atoms with van der Waals surface area (Å²) in [4.78, 5) is 4.02. The molecule has 90 valence electrons. The zero-order valence-corrected chi connectivity index (χ0v) is 11.2. The number of nitrogens with zero attached hydrogens (tertiary/aromatic N) is 1. The van der Waals surface area contributed by atoms with Crippen LogP contribution in [-0.2, 0) is 5.75 Å². The highest BCUT2D eigenvalue weighted by Gasteiger charge is 2.01. The molecule has 2 N–H and O–H groups in total. The lowest BCUT2D eigenvalue weighted by Gasteiger charge is -2.04. The molecule has 0 fully saturated rings. The molecule has 0 aliphatic heterocycles. The van der Waals surface area contributed by atoms with E-state index in [1.165, 1.54) is 16.9 Å². The van der Waals surface area contributed by atoms with Crippen molar-refractivity contribution in [2.45, 2.75) is 16.9 Å². The molecule has 0 saturated carbocycles. The van der Waals surface area contributed by atoms with Gasteiger partial charge in [0.15, 0.2) is 5.13 Å². The number of hydrogen-bond donors (Lipinski definition) is 1. The van der Waals surface area contributed by atoms with E-state index in [4.69, 9.17) is 10.5 Å². The Morgan fingerprint density at radius 2 is 2.12 bits per heavy atom. The molecule has 3 nitrogen and oxygen atoms in total. The third kappa shape index (κ3) is 3.64. The number of thioether (sulfide) groups is 1. The molecule has 0 spiro atoms. The average Bonchev–Trinajstić information content (AvgIpc) is 2.75. The maximum absolute atomic E-state index is 5.58. The highest BCUT2D eigenvalue weighted by Crippen LogP contribution is 2.29. The minimum atomic E-state index is 0.624. The van der Waals surface area contributed by atoms with Crippen LogP contribution in [0.4, 0.5) is 5.13 Å². The molecule has 5 heteroatoms. The third-order valence-corrected chi connectivity index (χ3v) is 4.21. The van der Waals surface area contributed by atoms with E-state index < -0.39 is 0 Å². The van der Waals surface area contributed by atoms with Crippen molar-refractivity contribution in [2.24, 2.45) is 0 Å². The van der Waals surface area contributed by atoms with Gasteiger partial charge in [0.25, 0.3) is 0 Å². The lowest BCUT2D eigenvalue weighted by Crippen LogP contribution is -1.91. The summed E-state index contributed by atoms with van der Waals surface area (Å²) >= 11 is 3.27. The molecule has 1 aromatic carbocycles. The van der Waals surface area contributed by atoms with Crippen LogP contribution < -0.4 is 10.5 Å². The van der Waals surface area contributed by atoms with Gasteiger partial charge in [-0.1, -0.05) is 23.5 Å². The van der Waals surface area contributed by atoms with Gasteiger partial charge >= 0.3 is 0 Å². The third-order valence-electron chi connectivity index (χ3n) is 2.12. The number of rotatable bonds is 5. The SMILES string of the molecule is CCOc1ccc(CSc2cnc(N)s2)cc1. The number of nitrogens with two attached hydrogens (primary N) is 1. The molecule has 0 aliphatic carbocycles. The summed E-state index contributed by atoms with van der Waals surface area (Å²) in [7, 11) is 0. The number of hydrogen-bond acceptors (Lipinski definition) is 5. The molecular weight excluding hydrogens is 252 g/mol. The summed E-state index contributed by atoms with van der Waals surface area (Å²) < 4.78 is 6.55. The first kappa shape index (κ1) is 12.3. The molecule has 2 aromatic rings. The second kappa shape index (κ2) is 5.93. The van der Waals surface area contributed by atoms with Crippen molar-refractivity contribution in [1.29, 1.82) is 0 Å². The lowest BCUT2D eigenvalue weighted by molar-refractivity contribution is 0.340. The Morgan fingerprint density at radius 3 is 2.71 bits per heavy atom. The van der Waals surface area contributed by atoms with Gasteiger partial charge in [-0.2, -0.15) is 0 Å². The first-order chi connectivity index (χ1) is 8.28. The number of thiazole rings is 1. The summed E-state index contributed by atoms with van der Waals surface area (Å²) in [5.74, 6) is 1.84. The smallest absolute Gasteiger partial charge is 0.181 e. The lowest BCUT2D eigenvalue weighted by atomic mass is 10.2. The van der Waals surface area contributed by atoms with Gasteiger partial charge in [0.05, 0.1) is 17.0 Å². The summed E-state index contributed by atoms with van der Waals surface area (Å²) in [6, 6.07) is 8.17. The fourth-order valence-electron chi connectivity index (χ4n) is 1.34. The monoisotopic (exact) mass is 266 g/mol. The van der Waals surface area contributed by atoms with Crippen LogP contribution in [0.1, 0.15) is 12.5 Å². The first-order valence-electron chi connectivity index (χ1n) is 5.34. The van der Waals surface area contributed by atoms with E-state index in [1.807, 2.05) is 25.3 Å². The van der Waals surface area contributed by atoms with Gasteiger partial charge in [-0.3, -0.25) is 0 Å². The van der Waals surface area contributed by atoms with Gasteiger partial charge in [-0.05, 0) is 24.6 Å². The van der Waals surface area contributed by atoms with E-state index in [9.17, 15) is 0 Å². The topological polar surface area (TPSA) is 48.1 Å². The molecule has 2 rings (SSSR count). The van der Waals surface area contributed by atoms with E-state index in [0.29, 0.717) is 11.7 Å². The van der Waals surface area contributed by atoms with Gasteiger partial charge < -0.3 is 10.5 Å². The van der Waals surface area contributed by atoms with Gasteiger partial charge in [0, 0.05) is 5.75 Å². The van der Waals surface area contributed by atoms with E-state index in [0.717, 1.165) is 15.7 Å². The van der Waals surface area contributed by atoms with Crippen molar-refractivity contribution >= 4 is 28.2 Å². The molecular formula is C12H14N2OS2.